The molecule has 8 nitrogen and oxygen atoms in total. The number of rotatable bonds is 6. The fourth-order valence-corrected chi connectivity index (χ4v) is 4.34. The zero-order valence-corrected chi connectivity index (χ0v) is 20.2. The van der Waals surface area contributed by atoms with Crippen molar-refractivity contribution in [3.8, 4) is 28.1 Å². The number of pyridine rings is 1. The number of hydrogen-bond donors (Lipinski definition) is 1. The van der Waals surface area contributed by atoms with Gasteiger partial charge < -0.3 is 0 Å². The summed E-state index contributed by atoms with van der Waals surface area (Å²) in [5, 5.41) is 3.59. The zero-order chi connectivity index (χ0) is 24.7. The number of sulfonamides is 1. The van der Waals surface area contributed by atoms with E-state index < -0.39 is 15.3 Å². The van der Waals surface area contributed by atoms with E-state index in [1.165, 1.54) is 12.1 Å². The van der Waals surface area contributed by atoms with Crippen molar-refractivity contribution in [3.63, 3.8) is 0 Å². The Hall–Kier alpha value is -4.05. The van der Waals surface area contributed by atoms with Crippen LogP contribution in [0.5, 0.6) is 0 Å². The van der Waals surface area contributed by atoms with Gasteiger partial charge in [0.15, 0.2) is 0 Å². The van der Waals surface area contributed by atoms with E-state index >= 15 is 0 Å². The number of benzene rings is 2. The van der Waals surface area contributed by atoms with Crippen LogP contribution in [0, 0.1) is 5.82 Å². The second-order valence-electron chi connectivity index (χ2n) is 8.52. The van der Waals surface area contributed by atoms with Crippen molar-refractivity contribution in [1.82, 2.24) is 24.3 Å². The van der Waals surface area contributed by atoms with Gasteiger partial charge in [0.2, 0.25) is 10.0 Å². The summed E-state index contributed by atoms with van der Waals surface area (Å²) in [5.41, 5.74) is 4.93. The molecule has 5 aromatic rings. The number of anilines is 1. The normalized spacial score (nSPS) is 11.9. The summed E-state index contributed by atoms with van der Waals surface area (Å²) in [6, 6.07) is 15.3. The van der Waals surface area contributed by atoms with Gasteiger partial charge in [0.1, 0.15) is 23.8 Å². The van der Waals surface area contributed by atoms with E-state index in [2.05, 4.69) is 19.8 Å². The van der Waals surface area contributed by atoms with E-state index in [0.29, 0.717) is 11.4 Å². The zero-order valence-electron chi connectivity index (χ0n) is 19.3. The first kappa shape index (κ1) is 22.7. The Morgan fingerprint density at radius 2 is 1.69 bits per heavy atom. The van der Waals surface area contributed by atoms with E-state index in [4.69, 9.17) is 0 Å². The molecule has 0 radical (unpaired) electrons. The summed E-state index contributed by atoms with van der Waals surface area (Å²) in [6.07, 6.45) is 5.37. The molecule has 0 amide bonds. The summed E-state index contributed by atoms with van der Waals surface area (Å²) in [5.74, 6) is 0.294. The maximum absolute atomic E-state index is 13.5. The Morgan fingerprint density at radius 3 is 2.37 bits per heavy atom. The van der Waals surface area contributed by atoms with Crippen LogP contribution in [0.15, 0.2) is 73.3 Å². The third kappa shape index (κ3) is 4.52. The number of fused-ring (bicyclic) bond motifs is 1. The fourth-order valence-electron chi connectivity index (χ4n) is 3.71. The molecule has 0 atom stereocenters. The van der Waals surface area contributed by atoms with Gasteiger partial charge >= 0.3 is 0 Å². The van der Waals surface area contributed by atoms with E-state index in [1.54, 1.807) is 53.8 Å². The third-order valence-electron chi connectivity index (χ3n) is 5.69. The van der Waals surface area contributed by atoms with Gasteiger partial charge in [0, 0.05) is 18.8 Å². The largest absolute Gasteiger partial charge is 0.283 e. The Labute approximate surface area is 202 Å². The maximum atomic E-state index is 13.5. The van der Waals surface area contributed by atoms with Crippen molar-refractivity contribution >= 4 is 26.9 Å². The summed E-state index contributed by atoms with van der Waals surface area (Å²) in [6.45, 7) is 3.19. The lowest BCUT2D eigenvalue weighted by Gasteiger charge is -2.14. The van der Waals surface area contributed by atoms with E-state index in [1.807, 2.05) is 37.5 Å². The predicted molar refractivity (Wildman–Crippen MR) is 134 cm³/mol. The van der Waals surface area contributed by atoms with Crippen LogP contribution in [0.2, 0.25) is 0 Å². The fraction of sp³-hybridized carbons (Fsp3) is 0.160. The first-order chi connectivity index (χ1) is 16.7. The second-order valence-corrected chi connectivity index (χ2v) is 10.8. The summed E-state index contributed by atoms with van der Waals surface area (Å²) in [7, 11) is -1.76. The van der Waals surface area contributed by atoms with Gasteiger partial charge in [0.05, 0.1) is 22.5 Å². The first-order valence-electron chi connectivity index (χ1n) is 11.0. The summed E-state index contributed by atoms with van der Waals surface area (Å²) >= 11 is 0. The van der Waals surface area contributed by atoms with Crippen LogP contribution >= 0.6 is 0 Å². The number of imidazole rings is 1. The number of nitrogens with one attached hydrogen (secondary N) is 1. The minimum Gasteiger partial charge on any atom is -0.283 e. The van der Waals surface area contributed by atoms with Gasteiger partial charge in [-0.15, -0.1) is 0 Å². The Bertz CT molecular complexity index is 1640. The summed E-state index contributed by atoms with van der Waals surface area (Å²) in [4.78, 5) is 9.11. The highest BCUT2D eigenvalue weighted by Gasteiger charge is 2.18. The molecule has 5 rings (SSSR count). The van der Waals surface area contributed by atoms with Gasteiger partial charge in [-0.1, -0.05) is 18.2 Å². The highest BCUT2D eigenvalue weighted by Crippen LogP contribution is 2.29. The molecule has 35 heavy (non-hydrogen) atoms. The molecule has 0 spiro atoms. The van der Waals surface area contributed by atoms with Gasteiger partial charge in [0.25, 0.3) is 0 Å². The van der Waals surface area contributed by atoms with Crippen LogP contribution < -0.4 is 4.72 Å². The van der Waals surface area contributed by atoms with Crippen LogP contribution in [0.1, 0.15) is 13.8 Å². The van der Waals surface area contributed by atoms with Crippen LogP contribution in [0.25, 0.3) is 39.1 Å². The quantitative estimate of drug-likeness (QED) is 0.370. The molecule has 0 aliphatic heterocycles. The molecular weight excluding hydrogens is 467 g/mol. The molecule has 3 aromatic heterocycles. The minimum absolute atomic E-state index is 0.171. The lowest BCUT2D eigenvalue weighted by atomic mass is 10.1. The van der Waals surface area contributed by atoms with E-state index in [-0.39, 0.29) is 11.6 Å². The van der Waals surface area contributed by atoms with E-state index in [9.17, 15) is 12.8 Å². The molecular formula is C25H23FN6O2S. The third-order valence-corrected chi connectivity index (χ3v) is 7.42. The Kier molecular flexibility index (Phi) is 5.60. The topological polar surface area (TPSA) is 94.7 Å². The number of nitrogens with zero attached hydrogens (tertiary/aromatic N) is 5. The Morgan fingerprint density at radius 1 is 0.943 bits per heavy atom. The van der Waals surface area contributed by atoms with E-state index in [0.717, 1.165) is 27.7 Å². The van der Waals surface area contributed by atoms with Crippen molar-refractivity contribution in [2.24, 2.45) is 7.05 Å². The molecule has 0 fully saturated rings. The molecule has 178 valence electrons. The number of hydrogen-bond acceptors (Lipinski definition) is 5. The van der Waals surface area contributed by atoms with Gasteiger partial charge in [-0.2, -0.15) is 5.10 Å². The maximum Gasteiger partial charge on any atom is 0.236 e. The van der Waals surface area contributed by atoms with Crippen molar-refractivity contribution in [2.45, 2.75) is 19.1 Å². The molecule has 0 aliphatic rings. The van der Waals surface area contributed by atoms with Gasteiger partial charge in [-0.3, -0.25) is 14.0 Å². The molecule has 1 N–H and O–H groups in total. The van der Waals surface area contributed by atoms with Gasteiger partial charge in [-0.05, 0) is 66.9 Å². The molecule has 3 heterocycles. The van der Waals surface area contributed by atoms with Crippen molar-refractivity contribution in [2.75, 3.05) is 4.72 Å². The highest BCUT2D eigenvalue weighted by molar-refractivity contribution is 7.93. The van der Waals surface area contributed by atoms with Crippen LogP contribution in [0.4, 0.5) is 10.2 Å². The number of aryl methyl sites for hydroxylation is 1. The molecule has 0 unspecified atom stereocenters. The number of halogens is 1. The lowest BCUT2D eigenvalue weighted by molar-refractivity contribution is 0.592. The second kappa shape index (κ2) is 8.62. The van der Waals surface area contributed by atoms with Crippen molar-refractivity contribution in [3.05, 3.63) is 79.1 Å². The SMILES string of the molecule is CC(C)S(=O)(=O)Nc1cc(-c2ccc(F)cc2)cc(-n2cnc3cc(-c4cnn(C)c4)ccc32)n1. The molecule has 0 saturated heterocycles. The first-order valence-corrected chi connectivity index (χ1v) is 12.5. The minimum atomic E-state index is -3.62. The van der Waals surface area contributed by atoms with Crippen LogP contribution in [-0.4, -0.2) is 38.0 Å². The molecule has 0 saturated carbocycles. The monoisotopic (exact) mass is 490 g/mol. The Balaban J connectivity index is 1.63. The molecule has 0 bridgehead atoms. The van der Waals surface area contributed by atoms with Crippen LogP contribution in [0.3, 0.4) is 0 Å². The summed E-state index contributed by atoms with van der Waals surface area (Å²) < 4.78 is 44.7. The highest BCUT2D eigenvalue weighted by atomic mass is 32.2. The average molecular weight is 491 g/mol. The standard InChI is InChI=1S/C25H23FN6O2S/c1-16(2)35(33,34)30-24-11-19(17-4-7-21(26)8-5-17)12-25(29-24)32-15-27-22-10-18(6-9-23(22)32)20-13-28-31(3)14-20/h4-16H,1-3H3,(H,29,30). The van der Waals surface area contributed by atoms with Crippen LogP contribution in [-0.2, 0) is 17.1 Å². The lowest BCUT2D eigenvalue weighted by Crippen LogP contribution is -2.23. The van der Waals surface area contributed by atoms with Crippen molar-refractivity contribution in [1.29, 1.82) is 0 Å². The van der Waals surface area contributed by atoms with Crippen molar-refractivity contribution < 1.29 is 12.8 Å². The van der Waals surface area contributed by atoms with Gasteiger partial charge in [-0.25, -0.2) is 22.8 Å². The molecule has 10 heteroatoms. The molecule has 2 aromatic carbocycles. The predicted octanol–water partition coefficient (Wildman–Crippen LogP) is 4.78. The average Bonchev–Trinajstić information content (AvgIpc) is 3.44. The smallest absolute Gasteiger partial charge is 0.236 e. The molecule has 0 aliphatic carbocycles. The number of aromatic nitrogens is 5.